The molecule has 0 aliphatic heterocycles. The Hall–Kier alpha value is -0.150. The van der Waals surface area contributed by atoms with Crippen LogP contribution in [0, 0.1) is 0 Å². The van der Waals surface area contributed by atoms with Crippen LogP contribution >= 0.6 is 7.60 Å². The minimum absolute atomic E-state index is 0.347. The molecule has 0 aromatic heterocycles. The van der Waals surface area contributed by atoms with E-state index in [1.165, 1.54) is 89.9 Å². The fraction of sp³-hybridized carbons (Fsp3) is 0.923. The van der Waals surface area contributed by atoms with E-state index in [1.807, 2.05) is 28.1 Å². The molecule has 0 aromatic rings. The van der Waals surface area contributed by atoms with E-state index >= 15 is 0 Å². The Labute approximate surface area is 195 Å². The van der Waals surface area contributed by atoms with Gasteiger partial charge in [0.15, 0.2) is 5.78 Å². The van der Waals surface area contributed by atoms with Gasteiger partial charge < -0.3 is 13.9 Å². The molecule has 0 heterocycles. The van der Waals surface area contributed by atoms with Gasteiger partial charge in [-0.05, 0) is 25.7 Å². The van der Waals surface area contributed by atoms with Crippen LogP contribution in [0.5, 0.6) is 0 Å². The van der Waals surface area contributed by atoms with E-state index in [2.05, 4.69) is 19.1 Å². The van der Waals surface area contributed by atoms with Crippen LogP contribution in [-0.2, 0) is 9.09 Å². The predicted molar refractivity (Wildman–Crippen MR) is 137 cm³/mol. The van der Waals surface area contributed by atoms with Crippen molar-refractivity contribution in [3.05, 3.63) is 12.2 Å². The second-order valence-corrected chi connectivity index (χ2v) is 12.0. The first-order chi connectivity index (χ1) is 14.8. The van der Waals surface area contributed by atoms with Crippen molar-refractivity contribution in [1.82, 2.24) is 0 Å². The molecule has 31 heavy (non-hydrogen) atoms. The molecule has 0 aliphatic rings. The van der Waals surface area contributed by atoms with E-state index in [0.717, 1.165) is 12.8 Å². The van der Waals surface area contributed by atoms with Crippen LogP contribution in [0.2, 0.25) is 0 Å². The Morgan fingerprint density at radius 3 is 1.55 bits per heavy atom. The summed E-state index contributed by atoms with van der Waals surface area (Å²) in [6, 6.07) is 0. The third kappa shape index (κ3) is 18.0. The molecule has 1 N–H and O–H groups in total. The number of rotatable bonds is 22. The van der Waals surface area contributed by atoms with Crippen molar-refractivity contribution in [2.24, 2.45) is 0 Å². The molecule has 0 aliphatic carbocycles. The van der Waals surface area contributed by atoms with Crippen molar-refractivity contribution >= 4 is 7.60 Å². The lowest BCUT2D eigenvalue weighted by Crippen LogP contribution is -2.44. The fourth-order valence-electron chi connectivity index (χ4n) is 4.27. The van der Waals surface area contributed by atoms with Crippen LogP contribution in [-0.4, -0.2) is 42.9 Å². The standard InChI is InChI=1S/C26H54NO3P/c1-6-8-9-10-11-12-13-14-15-16-17-18-19-20-21-22-23-24-25-30-31(28,29)26(7-2)27(3,4)5/h8-9,26H,6-7,10-25H2,1-5H3/p+1. The smallest absolute Gasteiger partial charge is 0.320 e. The molecular weight excluding hydrogens is 405 g/mol. The van der Waals surface area contributed by atoms with Gasteiger partial charge in [-0.25, -0.2) is 0 Å². The zero-order valence-corrected chi connectivity index (χ0v) is 22.5. The van der Waals surface area contributed by atoms with E-state index in [0.29, 0.717) is 17.5 Å². The highest BCUT2D eigenvalue weighted by Crippen LogP contribution is 2.51. The van der Waals surface area contributed by atoms with E-state index in [-0.39, 0.29) is 5.78 Å². The molecule has 0 fully saturated rings. The van der Waals surface area contributed by atoms with Crippen molar-refractivity contribution in [2.75, 3.05) is 27.7 Å². The van der Waals surface area contributed by atoms with E-state index in [4.69, 9.17) is 4.52 Å². The van der Waals surface area contributed by atoms with Crippen LogP contribution in [0.1, 0.15) is 123 Å². The molecule has 0 saturated heterocycles. The summed E-state index contributed by atoms with van der Waals surface area (Å²) in [4.78, 5) is 10.3. The summed E-state index contributed by atoms with van der Waals surface area (Å²) < 4.78 is 18.4. The molecule has 2 unspecified atom stereocenters. The summed E-state index contributed by atoms with van der Waals surface area (Å²) in [5, 5.41) is 0. The molecule has 5 heteroatoms. The number of quaternary nitrogens is 1. The lowest BCUT2D eigenvalue weighted by Gasteiger charge is -2.35. The van der Waals surface area contributed by atoms with Gasteiger partial charge in [-0.3, -0.25) is 4.57 Å². The molecule has 0 spiro atoms. The third-order valence-electron chi connectivity index (χ3n) is 6.08. The highest BCUT2D eigenvalue weighted by Gasteiger charge is 2.41. The normalized spacial score (nSPS) is 15.4. The topological polar surface area (TPSA) is 46.5 Å². The lowest BCUT2D eigenvalue weighted by molar-refractivity contribution is -0.883. The first-order valence-corrected chi connectivity index (χ1v) is 14.8. The Balaban J connectivity index is 3.42. The van der Waals surface area contributed by atoms with Crippen molar-refractivity contribution in [3.63, 3.8) is 0 Å². The largest absolute Gasteiger partial charge is 0.385 e. The third-order valence-corrected chi connectivity index (χ3v) is 8.44. The molecule has 4 nitrogen and oxygen atoms in total. The second-order valence-electron chi connectivity index (χ2n) is 10.0. The molecule has 0 radical (unpaired) electrons. The maximum atomic E-state index is 12.5. The van der Waals surface area contributed by atoms with Crippen LogP contribution in [0.25, 0.3) is 0 Å². The van der Waals surface area contributed by atoms with Gasteiger partial charge in [0.25, 0.3) is 0 Å². The summed E-state index contributed by atoms with van der Waals surface area (Å²) >= 11 is 0. The monoisotopic (exact) mass is 460 g/mol. The first kappa shape index (κ1) is 30.9. The Bertz CT molecular complexity index is 474. The maximum absolute atomic E-state index is 12.5. The summed E-state index contributed by atoms with van der Waals surface area (Å²) in [5.74, 6) is -0.347. The summed E-state index contributed by atoms with van der Waals surface area (Å²) in [7, 11) is 2.31. The highest BCUT2D eigenvalue weighted by atomic mass is 31.2. The average molecular weight is 461 g/mol. The van der Waals surface area contributed by atoms with Crippen LogP contribution in [0.4, 0.5) is 0 Å². The van der Waals surface area contributed by atoms with Gasteiger partial charge in [-0.1, -0.05) is 103 Å². The average Bonchev–Trinajstić information content (AvgIpc) is 2.68. The Morgan fingerprint density at radius 1 is 0.742 bits per heavy atom. The molecule has 2 atom stereocenters. The molecule has 0 bridgehead atoms. The predicted octanol–water partition coefficient (Wildman–Crippen LogP) is 8.45. The molecule has 186 valence electrons. The van der Waals surface area contributed by atoms with Gasteiger partial charge >= 0.3 is 7.60 Å². The zero-order chi connectivity index (χ0) is 23.4. The van der Waals surface area contributed by atoms with Crippen LogP contribution < -0.4 is 0 Å². The number of hydrogen-bond donors (Lipinski definition) is 1. The molecular formula is C26H55NO3P+. The van der Waals surface area contributed by atoms with E-state index in [9.17, 15) is 9.46 Å². The number of hydrogen-bond acceptors (Lipinski definition) is 2. The Morgan fingerprint density at radius 2 is 1.16 bits per heavy atom. The zero-order valence-electron chi connectivity index (χ0n) is 21.6. The molecule has 0 amide bonds. The summed E-state index contributed by atoms with van der Waals surface area (Å²) in [6.45, 7) is 4.55. The number of unbranched alkanes of at least 4 members (excludes halogenated alkanes) is 14. The van der Waals surface area contributed by atoms with Crippen molar-refractivity contribution in [2.45, 2.75) is 129 Å². The highest BCUT2D eigenvalue weighted by molar-refractivity contribution is 7.53. The summed E-state index contributed by atoms with van der Waals surface area (Å²) in [5.41, 5.74) is 0. The SMILES string of the molecule is CCC=CCCCCCCCCCCCCCCCCOP(=O)(O)C(CC)[N+](C)(C)C. The molecule has 0 rings (SSSR count). The minimum atomic E-state index is -3.55. The quantitative estimate of drug-likeness (QED) is 0.0763. The maximum Gasteiger partial charge on any atom is 0.385 e. The van der Waals surface area contributed by atoms with Crippen molar-refractivity contribution < 1.29 is 18.5 Å². The van der Waals surface area contributed by atoms with Crippen LogP contribution in [0.3, 0.4) is 0 Å². The van der Waals surface area contributed by atoms with Gasteiger partial charge in [0.1, 0.15) is 0 Å². The van der Waals surface area contributed by atoms with E-state index < -0.39 is 7.60 Å². The van der Waals surface area contributed by atoms with Crippen LogP contribution in [0.15, 0.2) is 12.2 Å². The van der Waals surface area contributed by atoms with E-state index in [1.54, 1.807) is 0 Å². The number of allylic oxidation sites excluding steroid dienone is 2. The number of nitrogens with zero attached hydrogens (tertiary/aromatic N) is 1. The minimum Gasteiger partial charge on any atom is -0.320 e. The van der Waals surface area contributed by atoms with Gasteiger partial charge in [0.2, 0.25) is 0 Å². The van der Waals surface area contributed by atoms with Gasteiger partial charge in [0.05, 0.1) is 27.7 Å². The second kappa shape index (κ2) is 19.3. The van der Waals surface area contributed by atoms with Crippen molar-refractivity contribution in [1.29, 1.82) is 0 Å². The summed E-state index contributed by atoms with van der Waals surface area (Å²) in [6.07, 6.45) is 26.0. The van der Waals surface area contributed by atoms with Gasteiger partial charge in [0, 0.05) is 6.42 Å². The van der Waals surface area contributed by atoms with Gasteiger partial charge in [-0.15, -0.1) is 0 Å². The molecule has 0 aromatic carbocycles. The molecule has 0 saturated carbocycles. The lowest BCUT2D eigenvalue weighted by atomic mass is 10.0. The fourth-order valence-corrected chi connectivity index (χ4v) is 6.17. The van der Waals surface area contributed by atoms with Gasteiger partial charge in [-0.2, -0.15) is 0 Å². The first-order valence-electron chi connectivity index (χ1n) is 13.2. The van der Waals surface area contributed by atoms with Crippen molar-refractivity contribution in [3.8, 4) is 0 Å². The Kier molecular flexibility index (Phi) is 19.2.